The van der Waals surface area contributed by atoms with Gasteiger partial charge >= 0.3 is 12.1 Å². The number of benzene rings is 1. The average Bonchev–Trinajstić information content (AvgIpc) is 3.05. The SMILES string of the molecule is CC(C)(C)OC(=O)Cc1ccc(CC2CCC3(COC(=O)N3)C2)cc1. The van der Waals surface area contributed by atoms with Gasteiger partial charge in [-0.2, -0.15) is 0 Å². The van der Waals surface area contributed by atoms with Gasteiger partial charge < -0.3 is 14.8 Å². The Balaban J connectivity index is 1.51. The lowest BCUT2D eigenvalue weighted by atomic mass is 9.93. The quantitative estimate of drug-likeness (QED) is 0.850. The molecule has 1 aromatic rings. The maximum absolute atomic E-state index is 11.9. The van der Waals surface area contributed by atoms with Crippen LogP contribution in [0.5, 0.6) is 0 Å². The minimum Gasteiger partial charge on any atom is -0.460 e. The number of alkyl carbamates (subject to hydrolysis) is 1. The predicted molar refractivity (Wildman–Crippen MR) is 94.3 cm³/mol. The van der Waals surface area contributed by atoms with E-state index in [-0.39, 0.29) is 17.6 Å². The molecule has 1 spiro atoms. The van der Waals surface area contributed by atoms with Gasteiger partial charge in [-0.25, -0.2) is 4.79 Å². The highest BCUT2D eigenvalue weighted by atomic mass is 16.6. The van der Waals surface area contributed by atoms with E-state index in [1.54, 1.807) is 0 Å². The van der Waals surface area contributed by atoms with Crippen molar-refractivity contribution in [1.82, 2.24) is 5.32 Å². The van der Waals surface area contributed by atoms with E-state index in [4.69, 9.17) is 9.47 Å². The molecule has 1 saturated heterocycles. The normalized spacial score (nSPS) is 25.7. The van der Waals surface area contributed by atoms with E-state index in [2.05, 4.69) is 17.4 Å². The third-order valence-corrected chi connectivity index (χ3v) is 4.87. The zero-order chi connectivity index (χ0) is 18.1. The van der Waals surface area contributed by atoms with Crippen LogP contribution in [0.4, 0.5) is 4.79 Å². The van der Waals surface area contributed by atoms with Crippen molar-refractivity contribution in [2.24, 2.45) is 5.92 Å². The van der Waals surface area contributed by atoms with Crippen molar-refractivity contribution in [3.63, 3.8) is 0 Å². The molecular formula is C20H27NO4. The molecule has 3 rings (SSSR count). The molecule has 25 heavy (non-hydrogen) atoms. The molecule has 1 aromatic carbocycles. The summed E-state index contributed by atoms with van der Waals surface area (Å²) >= 11 is 0. The summed E-state index contributed by atoms with van der Waals surface area (Å²) in [4.78, 5) is 23.2. The third-order valence-electron chi connectivity index (χ3n) is 4.87. The highest BCUT2D eigenvalue weighted by Gasteiger charge is 2.45. The van der Waals surface area contributed by atoms with Crippen LogP contribution in [0.3, 0.4) is 0 Å². The first-order chi connectivity index (χ1) is 11.7. The van der Waals surface area contributed by atoms with Crippen LogP contribution in [-0.2, 0) is 27.1 Å². The Morgan fingerprint density at radius 3 is 2.56 bits per heavy atom. The lowest BCUT2D eigenvalue weighted by Gasteiger charge is -2.20. The van der Waals surface area contributed by atoms with Crippen molar-refractivity contribution >= 4 is 12.1 Å². The molecule has 2 aliphatic rings. The second-order valence-electron chi connectivity index (χ2n) is 8.37. The monoisotopic (exact) mass is 345 g/mol. The topological polar surface area (TPSA) is 64.6 Å². The molecule has 0 radical (unpaired) electrons. The minimum absolute atomic E-state index is 0.140. The molecule has 1 amide bonds. The first kappa shape index (κ1) is 17.8. The second-order valence-corrected chi connectivity index (χ2v) is 8.37. The standard InChI is InChI=1S/C20H27NO4/c1-19(2,3)25-17(22)11-15-6-4-14(5-7-15)10-16-8-9-20(12-16)13-24-18(23)21-20/h4-7,16H,8-13H2,1-3H3,(H,21,23). The Kier molecular flexibility index (Phi) is 4.76. The number of hydrogen-bond donors (Lipinski definition) is 1. The second kappa shape index (κ2) is 6.70. The van der Waals surface area contributed by atoms with E-state index in [9.17, 15) is 9.59 Å². The van der Waals surface area contributed by atoms with Gasteiger partial charge in [-0.3, -0.25) is 4.79 Å². The van der Waals surface area contributed by atoms with E-state index in [1.165, 1.54) is 5.56 Å². The maximum atomic E-state index is 11.9. The van der Waals surface area contributed by atoms with E-state index >= 15 is 0 Å². The van der Waals surface area contributed by atoms with E-state index in [0.717, 1.165) is 31.2 Å². The van der Waals surface area contributed by atoms with Gasteiger partial charge in [0.05, 0.1) is 12.0 Å². The van der Waals surface area contributed by atoms with E-state index < -0.39 is 5.60 Å². The Bertz CT molecular complexity index is 647. The third kappa shape index (κ3) is 4.74. The van der Waals surface area contributed by atoms with Gasteiger partial charge in [0, 0.05) is 0 Å². The summed E-state index contributed by atoms with van der Waals surface area (Å²) < 4.78 is 10.4. The first-order valence-corrected chi connectivity index (χ1v) is 8.98. The van der Waals surface area contributed by atoms with Crippen LogP contribution in [0, 0.1) is 5.92 Å². The lowest BCUT2D eigenvalue weighted by molar-refractivity contribution is -0.153. The Morgan fingerprint density at radius 1 is 1.28 bits per heavy atom. The zero-order valence-electron chi connectivity index (χ0n) is 15.3. The molecule has 2 fully saturated rings. The van der Waals surface area contributed by atoms with Gasteiger partial charge in [-0.1, -0.05) is 24.3 Å². The van der Waals surface area contributed by atoms with E-state index in [0.29, 0.717) is 18.9 Å². The summed E-state index contributed by atoms with van der Waals surface area (Å²) in [6, 6.07) is 8.19. The smallest absolute Gasteiger partial charge is 0.407 e. The van der Waals surface area contributed by atoms with Crippen LogP contribution in [0.15, 0.2) is 24.3 Å². The molecule has 1 saturated carbocycles. The van der Waals surface area contributed by atoms with Crippen molar-refractivity contribution in [2.75, 3.05) is 6.61 Å². The van der Waals surface area contributed by atoms with Crippen LogP contribution in [0.1, 0.15) is 51.2 Å². The number of cyclic esters (lactones) is 1. The average molecular weight is 345 g/mol. The molecular weight excluding hydrogens is 318 g/mol. The van der Waals surface area contributed by atoms with Crippen molar-refractivity contribution in [2.45, 2.75) is 64.0 Å². The number of hydrogen-bond acceptors (Lipinski definition) is 4. The molecule has 0 bridgehead atoms. The maximum Gasteiger partial charge on any atom is 0.407 e. The van der Waals surface area contributed by atoms with Crippen molar-refractivity contribution in [3.05, 3.63) is 35.4 Å². The molecule has 2 unspecified atom stereocenters. The summed E-state index contributed by atoms with van der Waals surface area (Å²) in [5.41, 5.74) is 1.64. The summed E-state index contributed by atoms with van der Waals surface area (Å²) in [5, 5.41) is 2.98. The molecule has 2 atom stereocenters. The molecule has 1 aliphatic carbocycles. The zero-order valence-corrected chi connectivity index (χ0v) is 15.3. The van der Waals surface area contributed by atoms with Gasteiger partial charge in [-0.05, 0) is 63.5 Å². The molecule has 0 aromatic heterocycles. The number of amides is 1. The Labute approximate surface area is 149 Å². The minimum atomic E-state index is -0.450. The molecule has 136 valence electrons. The van der Waals surface area contributed by atoms with Crippen LogP contribution >= 0.6 is 0 Å². The highest BCUT2D eigenvalue weighted by molar-refractivity contribution is 5.73. The van der Waals surface area contributed by atoms with Crippen LogP contribution in [0.25, 0.3) is 0 Å². The fourth-order valence-corrected chi connectivity index (χ4v) is 3.82. The number of esters is 1. The van der Waals surface area contributed by atoms with Crippen molar-refractivity contribution in [3.8, 4) is 0 Å². The number of ether oxygens (including phenoxy) is 2. The summed E-state index contributed by atoms with van der Waals surface area (Å²) in [7, 11) is 0. The largest absolute Gasteiger partial charge is 0.460 e. The van der Waals surface area contributed by atoms with Gasteiger partial charge in [0.25, 0.3) is 0 Å². The van der Waals surface area contributed by atoms with Crippen LogP contribution in [-0.4, -0.2) is 29.8 Å². The number of rotatable bonds is 4. The highest BCUT2D eigenvalue weighted by Crippen LogP contribution is 2.38. The Hall–Kier alpha value is -2.04. The lowest BCUT2D eigenvalue weighted by Crippen LogP contribution is -2.40. The van der Waals surface area contributed by atoms with Crippen LogP contribution in [0.2, 0.25) is 0 Å². The summed E-state index contributed by atoms with van der Waals surface area (Å²) in [5.74, 6) is 0.355. The molecule has 5 nitrogen and oxygen atoms in total. The fraction of sp³-hybridized carbons (Fsp3) is 0.600. The number of nitrogens with one attached hydrogen (secondary N) is 1. The predicted octanol–water partition coefficient (Wildman–Crippen LogP) is 3.39. The number of carbonyl (C=O) groups is 2. The molecule has 1 N–H and O–H groups in total. The number of carbonyl (C=O) groups excluding carboxylic acids is 2. The van der Waals surface area contributed by atoms with Gasteiger partial charge in [0.1, 0.15) is 12.2 Å². The first-order valence-electron chi connectivity index (χ1n) is 8.98. The van der Waals surface area contributed by atoms with Crippen LogP contribution < -0.4 is 5.32 Å². The van der Waals surface area contributed by atoms with Crippen molar-refractivity contribution < 1.29 is 19.1 Å². The molecule has 1 aliphatic heterocycles. The molecule has 5 heteroatoms. The Morgan fingerprint density at radius 2 is 1.96 bits per heavy atom. The van der Waals surface area contributed by atoms with Gasteiger partial charge in [-0.15, -0.1) is 0 Å². The molecule has 1 heterocycles. The summed E-state index contributed by atoms with van der Waals surface area (Å²) in [6.07, 6.45) is 4.06. The van der Waals surface area contributed by atoms with E-state index in [1.807, 2.05) is 32.9 Å². The van der Waals surface area contributed by atoms with Gasteiger partial charge in [0.2, 0.25) is 0 Å². The van der Waals surface area contributed by atoms with Gasteiger partial charge in [0.15, 0.2) is 0 Å². The van der Waals surface area contributed by atoms with Crippen molar-refractivity contribution in [1.29, 1.82) is 0 Å². The fourth-order valence-electron chi connectivity index (χ4n) is 3.82. The summed E-state index contributed by atoms with van der Waals surface area (Å²) in [6.45, 7) is 6.12.